The lowest BCUT2D eigenvalue weighted by Gasteiger charge is -2.38. The fourth-order valence-electron chi connectivity index (χ4n) is 3.71. The summed E-state index contributed by atoms with van der Waals surface area (Å²) in [6, 6.07) is 7.06. The lowest BCUT2D eigenvalue weighted by atomic mass is 9.88. The van der Waals surface area contributed by atoms with Crippen LogP contribution in [0.15, 0.2) is 24.3 Å². The van der Waals surface area contributed by atoms with Crippen LogP contribution in [0.1, 0.15) is 28.9 Å². The predicted molar refractivity (Wildman–Crippen MR) is 92.3 cm³/mol. The molecule has 5 heteroatoms. The second-order valence-corrected chi connectivity index (χ2v) is 6.77. The van der Waals surface area contributed by atoms with E-state index >= 15 is 0 Å². The molecular formula is C19H26FN3O. The number of nitrogens with zero attached hydrogens (tertiary/aromatic N) is 2. The number of rotatable bonds is 5. The lowest BCUT2D eigenvalue weighted by Crippen LogP contribution is -2.44. The molecule has 2 heterocycles. The summed E-state index contributed by atoms with van der Waals surface area (Å²) in [5.74, 6) is 0.180. The highest BCUT2D eigenvalue weighted by atomic mass is 19.1. The van der Waals surface area contributed by atoms with E-state index in [4.69, 9.17) is 4.74 Å². The molecule has 24 heavy (non-hydrogen) atoms. The Labute approximate surface area is 143 Å². The maximum Gasteiger partial charge on any atom is 0.126 e. The van der Waals surface area contributed by atoms with E-state index in [1.807, 2.05) is 19.1 Å². The highest BCUT2D eigenvalue weighted by Crippen LogP contribution is 2.26. The van der Waals surface area contributed by atoms with E-state index in [0.717, 1.165) is 43.0 Å². The first-order chi connectivity index (χ1) is 11.6. The van der Waals surface area contributed by atoms with Gasteiger partial charge in [0.1, 0.15) is 5.82 Å². The van der Waals surface area contributed by atoms with Crippen molar-refractivity contribution in [1.29, 1.82) is 0 Å². The molecule has 0 amide bonds. The third-order valence-electron chi connectivity index (χ3n) is 5.15. The molecule has 3 rings (SSSR count). The molecule has 0 radical (unpaired) electrons. The normalized spacial score (nSPS) is 22.0. The van der Waals surface area contributed by atoms with Gasteiger partial charge in [-0.2, -0.15) is 5.10 Å². The molecule has 0 unspecified atom stereocenters. The maximum atomic E-state index is 14.0. The quantitative estimate of drug-likeness (QED) is 0.914. The smallest absolute Gasteiger partial charge is 0.126 e. The summed E-state index contributed by atoms with van der Waals surface area (Å²) < 4.78 is 19.7. The number of aromatic amines is 1. The van der Waals surface area contributed by atoms with Crippen molar-refractivity contribution >= 4 is 0 Å². The number of nitrogens with one attached hydrogen (secondary N) is 1. The average Bonchev–Trinajstić information content (AvgIpc) is 2.89. The number of hydrogen-bond donors (Lipinski definition) is 1. The fraction of sp³-hybridized carbons (Fsp3) is 0.526. The summed E-state index contributed by atoms with van der Waals surface area (Å²) >= 11 is 0. The summed E-state index contributed by atoms with van der Waals surface area (Å²) in [7, 11) is 1.76. The highest BCUT2D eigenvalue weighted by Gasteiger charge is 2.30. The molecule has 4 nitrogen and oxygen atoms in total. The van der Waals surface area contributed by atoms with Gasteiger partial charge in [-0.05, 0) is 38.3 Å². The minimum atomic E-state index is -0.119. The maximum absolute atomic E-state index is 14.0. The van der Waals surface area contributed by atoms with Crippen LogP contribution >= 0.6 is 0 Å². The van der Waals surface area contributed by atoms with Gasteiger partial charge >= 0.3 is 0 Å². The summed E-state index contributed by atoms with van der Waals surface area (Å²) in [5, 5.41) is 7.34. The number of likely N-dealkylation sites (tertiary alicyclic amines) is 1. The second kappa shape index (κ2) is 7.45. The van der Waals surface area contributed by atoms with E-state index in [0.29, 0.717) is 12.3 Å². The summed E-state index contributed by atoms with van der Waals surface area (Å²) in [4.78, 5) is 2.44. The van der Waals surface area contributed by atoms with Crippen LogP contribution in [0.4, 0.5) is 4.39 Å². The van der Waals surface area contributed by atoms with Gasteiger partial charge in [-0.15, -0.1) is 0 Å². The Morgan fingerprint density at radius 1 is 1.33 bits per heavy atom. The molecule has 1 aliphatic rings. The number of aromatic nitrogens is 2. The first-order valence-corrected chi connectivity index (χ1v) is 8.57. The van der Waals surface area contributed by atoms with Crippen LogP contribution in [0.5, 0.6) is 0 Å². The van der Waals surface area contributed by atoms with Crippen molar-refractivity contribution in [3.8, 4) is 0 Å². The van der Waals surface area contributed by atoms with Crippen molar-refractivity contribution < 1.29 is 9.13 Å². The van der Waals surface area contributed by atoms with Gasteiger partial charge in [0.2, 0.25) is 0 Å². The van der Waals surface area contributed by atoms with Gasteiger partial charge in [0.05, 0.1) is 11.8 Å². The van der Waals surface area contributed by atoms with Gasteiger partial charge in [0.25, 0.3) is 0 Å². The lowest BCUT2D eigenvalue weighted by molar-refractivity contribution is -0.00880. The molecule has 130 valence electrons. The molecule has 1 aromatic heterocycles. The SMILES string of the molecule is CO[C@H]1CCN(Cc2c(C)n[nH]c2C)C[C@H]1Cc1ccccc1F. The Kier molecular flexibility index (Phi) is 5.31. The van der Waals surface area contributed by atoms with E-state index in [1.165, 1.54) is 11.6 Å². The molecular weight excluding hydrogens is 305 g/mol. The Bertz CT molecular complexity index is 666. The van der Waals surface area contributed by atoms with E-state index in [2.05, 4.69) is 22.0 Å². The Hall–Kier alpha value is -1.72. The monoisotopic (exact) mass is 331 g/mol. The average molecular weight is 331 g/mol. The Balaban J connectivity index is 1.71. The van der Waals surface area contributed by atoms with Gasteiger partial charge in [-0.25, -0.2) is 4.39 Å². The standard InChI is InChI=1S/C19H26FN3O/c1-13-17(14(2)22-21-13)12-23-9-8-19(24-3)16(11-23)10-15-6-4-5-7-18(15)20/h4-7,16,19H,8-12H2,1-3H3,(H,21,22)/t16-,19+/m1/s1. The molecule has 1 aromatic carbocycles. The van der Waals surface area contributed by atoms with E-state index < -0.39 is 0 Å². The van der Waals surface area contributed by atoms with Crippen molar-refractivity contribution in [2.45, 2.75) is 39.3 Å². The number of piperidine rings is 1. The molecule has 1 fully saturated rings. The van der Waals surface area contributed by atoms with Crippen LogP contribution in [-0.4, -0.2) is 41.4 Å². The third-order valence-corrected chi connectivity index (χ3v) is 5.15. The van der Waals surface area contributed by atoms with Crippen molar-refractivity contribution in [3.63, 3.8) is 0 Å². The molecule has 0 saturated carbocycles. The number of aryl methyl sites for hydroxylation is 2. The minimum absolute atomic E-state index is 0.119. The number of benzene rings is 1. The first kappa shape index (κ1) is 17.1. The molecule has 1 saturated heterocycles. The molecule has 1 aliphatic heterocycles. The van der Waals surface area contributed by atoms with Crippen LogP contribution in [-0.2, 0) is 17.7 Å². The van der Waals surface area contributed by atoms with E-state index in [9.17, 15) is 4.39 Å². The number of H-pyrrole nitrogens is 1. The molecule has 0 spiro atoms. The zero-order chi connectivity index (χ0) is 17.1. The van der Waals surface area contributed by atoms with Gasteiger partial charge in [0, 0.05) is 43.9 Å². The first-order valence-electron chi connectivity index (χ1n) is 8.57. The van der Waals surface area contributed by atoms with Crippen molar-refractivity contribution in [1.82, 2.24) is 15.1 Å². The number of ether oxygens (including phenoxy) is 1. The van der Waals surface area contributed by atoms with Crippen LogP contribution in [0, 0.1) is 25.6 Å². The van der Waals surface area contributed by atoms with Gasteiger partial charge in [-0.3, -0.25) is 10.00 Å². The zero-order valence-electron chi connectivity index (χ0n) is 14.7. The summed E-state index contributed by atoms with van der Waals surface area (Å²) in [6.07, 6.45) is 1.88. The second-order valence-electron chi connectivity index (χ2n) is 6.77. The minimum Gasteiger partial charge on any atom is -0.381 e. The van der Waals surface area contributed by atoms with Crippen LogP contribution in [0.25, 0.3) is 0 Å². The number of halogens is 1. The molecule has 0 aliphatic carbocycles. The van der Waals surface area contributed by atoms with Crippen LogP contribution < -0.4 is 0 Å². The van der Waals surface area contributed by atoms with Crippen LogP contribution in [0.2, 0.25) is 0 Å². The zero-order valence-corrected chi connectivity index (χ0v) is 14.7. The molecule has 2 atom stereocenters. The van der Waals surface area contributed by atoms with Gasteiger partial charge < -0.3 is 4.74 Å². The van der Waals surface area contributed by atoms with Crippen molar-refractivity contribution in [2.24, 2.45) is 5.92 Å². The van der Waals surface area contributed by atoms with E-state index in [1.54, 1.807) is 13.2 Å². The van der Waals surface area contributed by atoms with Crippen LogP contribution in [0.3, 0.4) is 0 Å². The topological polar surface area (TPSA) is 41.1 Å². The van der Waals surface area contributed by atoms with E-state index in [-0.39, 0.29) is 11.9 Å². The fourth-order valence-corrected chi connectivity index (χ4v) is 3.71. The number of methoxy groups -OCH3 is 1. The molecule has 1 N–H and O–H groups in total. The van der Waals surface area contributed by atoms with Crippen molar-refractivity contribution in [3.05, 3.63) is 52.6 Å². The Morgan fingerprint density at radius 3 is 2.79 bits per heavy atom. The third kappa shape index (κ3) is 3.68. The van der Waals surface area contributed by atoms with Gasteiger partial charge in [-0.1, -0.05) is 18.2 Å². The van der Waals surface area contributed by atoms with Gasteiger partial charge in [0.15, 0.2) is 0 Å². The largest absolute Gasteiger partial charge is 0.381 e. The highest BCUT2D eigenvalue weighted by molar-refractivity contribution is 5.23. The predicted octanol–water partition coefficient (Wildman–Crippen LogP) is 3.25. The number of hydrogen-bond acceptors (Lipinski definition) is 3. The Morgan fingerprint density at radius 2 is 2.12 bits per heavy atom. The molecule has 0 bridgehead atoms. The molecule has 2 aromatic rings. The summed E-state index contributed by atoms with van der Waals surface area (Å²) in [6.45, 7) is 6.90. The van der Waals surface area contributed by atoms with Crippen molar-refractivity contribution in [2.75, 3.05) is 20.2 Å². The summed E-state index contributed by atoms with van der Waals surface area (Å²) in [5.41, 5.74) is 4.25.